The van der Waals surface area contributed by atoms with E-state index in [1.54, 1.807) is 28.0 Å². The number of hydrogen-bond donors (Lipinski definition) is 1. The minimum atomic E-state index is -0.320. The van der Waals surface area contributed by atoms with Crippen molar-refractivity contribution in [2.24, 2.45) is 5.92 Å². The molecule has 1 N–H and O–H groups in total. The smallest absolute Gasteiger partial charge is 0.227 e. The second kappa shape index (κ2) is 10.2. The molecule has 0 aliphatic carbocycles. The van der Waals surface area contributed by atoms with E-state index >= 15 is 0 Å². The van der Waals surface area contributed by atoms with E-state index in [-0.39, 0.29) is 30.0 Å². The number of piperidine rings is 1. The van der Waals surface area contributed by atoms with Crippen molar-refractivity contribution in [1.29, 1.82) is 0 Å². The standard InChI is InChI=1S/C24H26FN5O2/c25-22-8-6-18(7-9-22)12-23(31)29-10-2-5-21(15-29)24(32)27-13-19-3-1-4-20(11-19)14-30-17-26-16-28-30/h1,3-4,6-9,11,16-17,21H,2,5,10,12-15H2,(H,27,32). The fraction of sp³-hybridized carbons (Fsp3) is 0.333. The van der Waals surface area contributed by atoms with Crippen LogP contribution in [-0.4, -0.2) is 44.6 Å². The average Bonchev–Trinajstić information content (AvgIpc) is 3.32. The first-order valence-corrected chi connectivity index (χ1v) is 10.8. The number of benzene rings is 2. The molecular weight excluding hydrogens is 409 g/mol. The Hall–Kier alpha value is -3.55. The van der Waals surface area contributed by atoms with Crippen molar-refractivity contribution in [1.82, 2.24) is 25.0 Å². The molecule has 1 fully saturated rings. The van der Waals surface area contributed by atoms with Gasteiger partial charge in [0.25, 0.3) is 0 Å². The van der Waals surface area contributed by atoms with Crippen LogP contribution in [0.4, 0.5) is 4.39 Å². The molecule has 1 saturated heterocycles. The maximum Gasteiger partial charge on any atom is 0.227 e. The molecule has 3 aromatic rings. The number of rotatable bonds is 7. The number of carbonyl (C=O) groups excluding carboxylic acids is 2. The van der Waals surface area contributed by atoms with Crippen molar-refractivity contribution in [2.75, 3.05) is 13.1 Å². The van der Waals surface area contributed by atoms with E-state index in [4.69, 9.17) is 0 Å². The highest BCUT2D eigenvalue weighted by Gasteiger charge is 2.28. The molecule has 8 heteroatoms. The molecule has 0 bridgehead atoms. The molecule has 1 aromatic heterocycles. The second-order valence-electron chi connectivity index (χ2n) is 8.11. The Morgan fingerprint density at radius 2 is 1.91 bits per heavy atom. The lowest BCUT2D eigenvalue weighted by Gasteiger charge is -2.32. The van der Waals surface area contributed by atoms with Gasteiger partial charge < -0.3 is 10.2 Å². The van der Waals surface area contributed by atoms with Gasteiger partial charge in [-0.05, 0) is 41.7 Å². The summed E-state index contributed by atoms with van der Waals surface area (Å²) in [4.78, 5) is 31.1. The summed E-state index contributed by atoms with van der Waals surface area (Å²) in [5, 5.41) is 7.13. The summed E-state index contributed by atoms with van der Waals surface area (Å²) in [6, 6.07) is 14.0. The van der Waals surface area contributed by atoms with E-state index in [2.05, 4.69) is 15.4 Å². The van der Waals surface area contributed by atoms with Crippen molar-refractivity contribution in [3.05, 3.63) is 83.7 Å². The number of halogens is 1. The zero-order valence-electron chi connectivity index (χ0n) is 17.8. The average molecular weight is 436 g/mol. The summed E-state index contributed by atoms with van der Waals surface area (Å²) in [5.41, 5.74) is 2.86. The lowest BCUT2D eigenvalue weighted by atomic mass is 9.96. The van der Waals surface area contributed by atoms with Crippen molar-refractivity contribution < 1.29 is 14.0 Å². The third-order valence-corrected chi connectivity index (χ3v) is 5.68. The van der Waals surface area contributed by atoms with Gasteiger partial charge in [0.05, 0.1) is 18.9 Å². The first-order chi connectivity index (χ1) is 15.6. The van der Waals surface area contributed by atoms with Gasteiger partial charge in [0.15, 0.2) is 0 Å². The number of likely N-dealkylation sites (tertiary alicyclic amines) is 1. The zero-order valence-corrected chi connectivity index (χ0v) is 17.8. The lowest BCUT2D eigenvalue weighted by molar-refractivity contribution is -0.135. The molecule has 1 atom stereocenters. The fourth-order valence-electron chi connectivity index (χ4n) is 3.98. The molecule has 1 unspecified atom stereocenters. The van der Waals surface area contributed by atoms with Crippen LogP contribution in [0.3, 0.4) is 0 Å². The van der Waals surface area contributed by atoms with Gasteiger partial charge in [-0.15, -0.1) is 0 Å². The molecule has 166 valence electrons. The first kappa shape index (κ1) is 21.7. The maximum absolute atomic E-state index is 13.1. The lowest BCUT2D eigenvalue weighted by Crippen LogP contribution is -2.45. The van der Waals surface area contributed by atoms with Gasteiger partial charge >= 0.3 is 0 Å². The SMILES string of the molecule is O=C(NCc1cccc(Cn2cncn2)c1)C1CCCN(C(=O)Cc2ccc(F)cc2)C1. The van der Waals surface area contributed by atoms with Crippen molar-refractivity contribution in [3.63, 3.8) is 0 Å². The van der Waals surface area contributed by atoms with Crippen LogP contribution in [0.5, 0.6) is 0 Å². The van der Waals surface area contributed by atoms with Gasteiger partial charge in [0, 0.05) is 19.6 Å². The molecule has 0 radical (unpaired) electrons. The van der Waals surface area contributed by atoms with Gasteiger partial charge in [-0.1, -0.05) is 36.4 Å². The number of nitrogens with zero attached hydrogens (tertiary/aromatic N) is 4. The molecule has 4 rings (SSSR count). The van der Waals surface area contributed by atoms with Gasteiger partial charge in [-0.3, -0.25) is 9.59 Å². The third kappa shape index (κ3) is 5.78. The van der Waals surface area contributed by atoms with Gasteiger partial charge in [0.1, 0.15) is 18.5 Å². The molecule has 1 aliphatic heterocycles. The Balaban J connectivity index is 1.28. The minimum Gasteiger partial charge on any atom is -0.352 e. The second-order valence-corrected chi connectivity index (χ2v) is 8.11. The Labute approximate surface area is 186 Å². The number of hydrogen-bond acceptors (Lipinski definition) is 4. The summed E-state index contributed by atoms with van der Waals surface area (Å²) in [7, 11) is 0. The molecule has 2 amide bonds. The Kier molecular flexibility index (Phi) is 6.89. The van der Waals surface area contributed by atoms with Crippen LogP contribution in [0.2, 0.25) is 0 Å². The first-order valence-electron chi connectivity index (χ1n) is 10.8. The van der Waals surface area contributed by atoms with Crippen LogP contribution in [0.25, 0.3) is 0 Å². The molecule has 2 heterocycles. The van der Waals surface area contributed by atoms with Crippen LogP contribution < -0.4 is 5.32 Å². The summed E-state index contributed by atoms with van der Waals surface area (Å²) >= 11 is 0. The van der Waals surface area contributed by atoms with Gasteiger partial charge in [0.2, 0.25) is 11.8 Å². The van der Waals surface area contributed by atoms with Crippen LogP contribution in [0, 0.1) is 11.7 Å². The van der Waals surface area contributed by atoms with Crippen molar-refractivity contribution >= 4 is 11.8 Å². The predicted molar refractivity (Wildman–Crippen MR) is 117 cm³/mol. The molecule has 0 saturated carbocycles. The monoisotopic (exact) mass is 435 g/mol. The summed E-state index contributed by atoms with van der Waals surface area (Å²) in [6.07, 6.45) is 4.94. The number of carbonyl (C=O) groups is 2. The Bertz CT molecular complexity index is 1050. The van der Waals surface area contributed by atoms with E-state index in [1.165, 1.54) is 18.5 Å². The topological polar surface area (TPSA) is 80.1 Å². The zero-order chi connectivity index (χ0) is 22.3. The Morgan fingerprint density at radius 1 is 1.09 bits per heavy atom. The summed E-state index contributed by atoms with van der Waals surface area (Å²) in [5.74, 6) is -0.611. The summed E-state index contributed by atoms with van der Waals surface area (Å²) < 4.78 is 14.8. The van der Waals surface area contributed by atoms with Crippen LogP contribution >= 0.6 is 0 Å². The maximum atomic E-state index is 13.1. The quantitative estimate of drug-likeness (QED) is 0.619. The normalized spacial score (nSPS) is 16.0. The largest absolute Gasteiger partial charge is 0.352 e. The van der Waals surface area contributed by atoms with Gasteiger partial charge in [-0.2, -0.15) is 5.10 Å². The van der Waals surface area contributed by atoms with E-state index in [0.717, 1.165) is 29.5 Å². The molecule has 32 heavy (non-hydrogen) atoms. The third-order valence-electron chi connectivity index (χ3n) is 5.68. The highest BCUT2D eigenvalue weighted by molar-refractivity contribution is 5.82. The molecule has 7 nitrogen and oxygen atoms in total. The number of amides is 2. The van der Waals surface area contributed by atoms with E-state index < -0.39 is 0 Å². The molecule has 1 aliphatic rings. The predicted octanol–water partition coefficient (Wildman–Crippen LogP) is 2.56. The summed E-state index contributed by atoms with van der Waals surface area (Å²) in [6.45, 7) is 2.12. The van der Waals surface area contributed by atoms with Crippen LogP contribution in [0.1, 0.15) is 29.5 Å². The highest BCUT2D eigenvalue weighted by Crippen LogP contribution is 2.18. The molecular formula is C24H26FN5O2. The minimum absolute atomic E-state index is 0.0325. The number of nitrogens with one attached hydrogen (secondary N) is 1. The molecule has 2 aromatic carbocycles. The Morgan fingerprint density at radius 3 is 2.69 bits per heavy atom. The van der Waals surface area contributed by atoms with Crippen LogP contribution in [-0.2, 0) is 29.1 Å². The highest BCUT2D eigenvalue weighted by atomic mass is 19.1. The van der Waals surface area contributed by atoms with E-state index in [1.807, 2.05) is 24.3 Å². The van der Waals surface area contributed by atoms with E-state index in [0.29, 0.717) is 26.2 Å². The van der Waals surface area contributed by atoms with Crippen LogP contribution in [0.15, 0.2) is 61.2 Å². The number of aromatic nitrogens is 3. The van der Waals surface area contributed by atoms with Crippen molar-refractivity contribution in [3.8, 4) is 0 Å². The van der Waals surface area contributed by atoms with Crippen molar-refractivity contribution in [2.45, 2.75) is 32.4 Å². The fourth-order valence-corrected chi connectivity index (χ4v) is 3.98. The van der Waals surface area contributed by atoms with Gasteiger partial charge in [-0.25, -0.2) is 14.1 Å². The molecule has 0 spiro atoms. The van der Waals surface area contributed by atoms with E-state index in [9.17, 15) is 14.0 Å².